The Kier molecular flexibility index (Phi) is 6.75. The number of anilines is 1. The lowest BCUT2D eigenvalue weighted by molar-refractivity contribution is -0.121. The molecule has 1 heterocycles. The first-order chi connectivity index (χ1) is 16.0. The topological polar surface area (TPSA) is 71.9 Å². The number of benzene rings is 3. The number of nitriles is 1. The minimum Gasteiger partial charge on any atom is -0.378 e. The highest BCUT2D eigenvalue weighted by Crippen LogP contribution is 2.31. The minimum atomic E-state index is 0.0223. The molecule has 0 bridgehead atoms. The molecule has 5 nitrogen and oxygen atoms in total. The van der Waals surface area contributed by atoms with Crippen molar-refractivity contribution in [2.45, 2.75) is 18.8 Å². The van der Waals surface area contributed by atoms with E-state index >= 15 is 0 Å². The molecule has 2 N–H and O–H groups in total. The van der Waals surface area contributed by atoms with E-state index in [0.29, 0.717) is 24.9 Å². The van der Waals surface area contributed by atoms with Crippen LogP contribution in [0.25, 0.3) is 10.9 Å². The smallest absolute Gasteiger partial charge is 0.220 e. The van der Waals surface area contributed by atoms with Crippen molar-refractivity contribution in [2.24, 2.45) is 0 Å². The van der Waals surface area contributed by atoms with Gasteiger partial charge in [-0.3, -0.25) is 4.79 Å². The fourth-order valence-electron chi connectivity index (χ4n) is 4.10. The number of hydrogen-bond donors (Lipinski definition) is 2. The van der Waals surface area contributed by atoms with Crippen LogP contribution in [-0.2, 0) is 11.2 Å². The van der Waals surface area contributed by atoms with E-state index in [9.17, 15) is 4.79 Å². The maximum atomic E-state index is 12.7. The van der Waals surface area contributed by atoms with E-state index in [1.165, 1.54) is 10.9 Å². The van der Waals surface area contributed by atoms with Crippen LogP contribution >= 0.6 is 0 Å². The number of fused-ring (bicyclic) bond motifs is 1. The predicted molar refractivity (Wildman–Crippen MR) is 133 cm³/mol. The summed E-state index contributed by atoms with van der Waals surface area (Å²) < 4.78 is 0. The number of aromatic nitrogens is 1. The largest absolute Gasteiger partial charge is 0.378 e. The molecule has 5 heteroatoms. The summed E-state index contributed by atoms with van der Waals surface area (Å²) in [4.78, 5) is 18.1. The van der Waals surface area contributed by atoms with Crippen LogP contribution < -0.4 is 10.2 Å². The summed E-state index contributed by atoms with van der Waals surface area (Å²) in [6.07, 6.45) is 3.11. The van der Waals surface area contributed by atoms with Gasteiger partial charge in [0.25, 0.3) is 0 Å². The molecule has 1 unspecified atom stereocenters. The average Bonchev–Trinajstić information content (AvgIpc) is 3.27. The first-order valence-electron chi connectivity index (χ1n) is 11.1. The number of H-pyrrole nitrogens is 1. The molecule has 0 saturated heterocycles. The van der Waals surface area contributed by atoms with Gasteiger partial charge >= 0.3 is 0 Å². The van der Waals surface area contributed by atoms with Crippen LogP contribution in [0.2, 0.25) is 0 Å². The van der Waals surface area contributed by atoms with Crippen molar-refractivity contribution in [3.63, 3.8) is 0 Å². The van der Waals surface area contributed by atoms with Crippen LogP contribution in [0.1, 0.15) is 34.6 Å². The number of hydrogen-bond acceptors (Lipinski definition) is 3. The average molecular weight is 437 g/mol. The highest BCUT2D eigenvalue weighted by Gasteiger charge is 2.19. The molecule has 1 amide bonds. The van der Waals surface area contributed by atoms with Crippen molar-refractivity contribution < 1.29 is 4.79 Å². The van der Waals surface area contributed by atoms with Gasteiger partial charge in [0, 0.05) is 55.8 Å². The second kappa shape index (κ2) is 10.1. The van der Waals surface area contributed by atoms with Crippen LogP contribution in [0.4, 0.5) is 5.69 Å². The van der Waals surface area contributed by atoms with Gasteiger partial charge in [-0.25, -0.2) is 0 Å². The van der Waals surface area contributed by atoms with Crippen LogP contribution in [0, 0.1) is 11.3 Å². The molecular weight excluding hydrogens is 408 g/mol. The fourth-order valence-corrected chi connectivity index (χ4v) is 4.10. The van der Waals surface area contributed by atoms with Crippen molar-refractivity contribution >= 4 is 22.5 Å². The van der Waals surface area contributed by atoms with Crippen LogP contribution in [0.5, 0.6) is 0 Å². The highest BCUT2D eigenvalue weighted by atomic mass is 16.1. The molecule has 0 aliphatic carbocycles. The molecule has 0 spiro atoms. The molecule has 0 fully saturated rings. The van der Waals surface area contributed by atoms with E-state index in [2.05, 4.69) is 63.9 Å². The van der Waals surface area contributed by atoms with Crippen molar-refractivity contribution in [1.29, 1.82) is 5.26 Å². The van der Waals surface area contributed by atoms with Crippen molar-refractivity contribution in [2.75, 3.05) is 25.5 Å². The normalized spacial score (nSPS) is 11.7. The molecule has 0 saturated carbocycles. The van der Waals surface area contributed by atoms with Crippen molar-refractivity contribution in [3.8, 4) is 6.07 Å². The number of aromatic amines is 1. The molecule has 0 radical (unpaired) electrons. The number of para-hydroxylation sites is 1. The second-order valence-corrected chi connectivity index (χ2v) is 8.44. The Labute approximate surface area is 194 Å². The van der Waals surface area contributed by atoms with Crippen LogP contribution in [0.3, 0.4) is 0 Å². The van der Waals surface area contributed by atoms with Gasteiger partial charge in [-0.1, -0.05) is 42.5 Å². The number of aryl methyl sites for hydroxylation is 1. The van der Waals surface area contributed by atoms with Gasteiger partial charge in [0.05, 0.1) is 11.6 Å². The third kappa shape index (κ3) is 5.24. The molecule has 1 atom stereocenters. The number of nitrogens with one attached hydrogen (secondary N) is 2. The van der Waals surface area contributed by atoms with E-state index in [0.717, 1.165) is 22.3 Å². The zero-order valence-corrected chi connectivity index (χ0v) is 19.0. The zero-order chi connectivity index (χ0) is 23.2. The summed E-state index contributed by atoms with van der Waals surface area (Å²) in [7, 11) is 4.06. The van der Waals surface area contributed by atoms with E-state index < -0.39 is 0 Å². The number of amides is 1. The monoisotopic (exact) mass is 436 g/mol. The van der Waals surface area contributed by atoms with E-state index in [1.807, 2.05) is 38.4 Å². The van der Waals surface area contributed by atoms with Gasteiger partial charge in [-0.2, -0.15) is 5.26 Å². The quantitative estimate of drug-likeness (QED) is 0.409. The number of rotatable bonds is 8. The molecule has 4 aromatic rings. The number of carbonyl (C=O) groups excluding carboxylic acids is 1. The summed E-state index contributed by atoms with van der Waals surface area (Å²) in [5.41, 5.74) is 6.26. The molecule has 0 aliphatic heterocycles. The van der Waals surface area contributed by atoms with Crippen molar-refractivity contribution in [1.82, 2.24) is 10.3 Å². The fraction of sp³-hybridized carbons (Fsp3) is 0.214. The molecule has 0 aliphatic rings. The third-order valence-electron chi connectivity index (χ3n) is 6.04. The predicted octanol–water partition coefficient (Wildman–Crippen LogP) is 4.99. The molecule has 4 rings (SSSR count). The first-order valence-corrected chi connectivity index (χ1v) is 11.1. The summed E-state index contributed by atoms with van der Waals surface area (Å²) in [6.45, 7) is 0.523. The summed E-state index contributed by atoms with van der Waals surface area (Å²) in [5.74, 6) is 0.0605. The Balaban J connectivity index is 1.50. The summed E-state index contributed by atoms with van der Waals surface area (Å²) in [6, 6.07) is 26.3. The lowest BCUT2D eigenvalue weighted by Crippen LogP contribution is -2.29. The molecule has 166 valence electrons. The molecule has 3 aromatic carbocycles. The Morgan fingerprint density at radius 2 is 1.76 bits per heavy atom. The molecular formula is C28H28N4O. The van der Waals surface area contributed by atoms with Gasteiger partial charge in [-0.05, 0) is 53.4 Å². The van der Waals surface area contributed by atoms with Gasteiger partial charge in [0.2, 0.25) is 5.91 Å². The Morgan fingerprint density at radius 3 is 2.45 bits per heavy atom. The zero-order valence-electron chi connectivity index (χ0n) is 19.0. The van der Waals surface area contributed by atoms with Gasteiger partial charge in [0.1, 0.15) is 0 Å². The second-order valence-electron chi connectivity index (χ2n) is 8.44. The van der Waals surface area contributed by atoms with Gasteiger partial charge in [0.15, 0.2) is 0 Å². The van der Waals surface area contributed by atoms with E-state index in [4.69, 9.17) is 5.26 Å². The van der Waals surface area contributed by atoms with E-state index in [-0.39, 0.29) is 11.8 Å². The Morgan fingerprint density at radius 1 is 1.03 bits per heavy atom. The number of nitrogens with zero attached hydrogens (tertiary/aromatic N) is 2. The molecule has 33 heavy (non-hydrogen) atoms. The Bertz CT molecular complexity index is 1260. The van der Waals surface area contributed by atoms with Crippen LogP contribution in [-0.4, -0.2) is 31.5 Å². The maximum Gasteiger partial charge on any atom is 0.220 e. The first kappa shape index (κ1) is 22.2. The summed E-state index contributed by atoms with van der Waals surface area (Å²) in [5, 5.41) is 13.3. The standard InChI is InChI=1S/C28H28N4O/c1-32(2)23-14-12-22(13-15-23)25(26-19-30-27-6-4-3-5-24(26)27)18-31-28(33)16-11-20-7-9-21(17-29)10-8-20/h3-10,12-15,19,25,30H,11,16,18H2,1-2H3,(H,31,33). The SMILES string of the molecule is CN(C)c1ccc(C(CNC(=O)CCc2ccc(C#N)cc2)c2c[nH]c3ccccc23)cc1. The highest BCUT2D eigenvalue weighted by molar-refractivity contribution is 5.84. The van der Waals surface area contributed by atoms with Crippen LogP contribution in [0.15, 0.2) is 79.0 Å². The Hall–Kier alpha value is -4.04. The van der Waals surface area contributed by atoms with E-state index in [1.54, 1.807) is 12.1 Å². The van der Waals surface area contributed by atoms with Crippen molar-refractivity contribution in [3.05, 3.63) is 101 Å². The molecule has 1 aromatic heterocycles. The lowest BCUT2D eigenvalue weighted by atomic mass is 9.90. The third-order valence-corrected chi connectivity index (χ3v) is 6.04. The maximum absolute atomic E-state index is 12.7. The minimum absolute atomic E-state index is 0.0223. The van der Waals surface area contributed by atoms with Gasteiger partial charge < -0.3 is 15.2 Å². The lowest BCUT2D eigenvalue weighted by Gasteiger charge is -2.20. The summed E-state index contributed by atoms with van der Waals surface area (Å²) >= 11 is 0. The van der Waals surface area contributed by atoms with Gasteiger partial charge in [-0.15, -0.1) is 0 Å². The number of carbonyl (C=O) groups is 1.